The number of nitrogens with one attached hydrogen (secondary N) is 1. The molecule has 0 amide bonds. The third kappa shape index (κ3) is 2.00. The fourth-order valence-corrected chi connectivity index (χ4v) is 2.74. The lowest BCUT2D eigenvalue weighted by Crippen LogP contribution is -2.19. The number of nitrogens with zero attached hydrogens (tertiary/aromatic N) is 1. The van der Waals surface area contributed by atoms with Crippen LogP contribution in [0.5, 0.6) is 0 Å². The number of anilines is 1. The van der Waals surface area contributed by atoms with Crippen LogP contribution in [-0.2, 0) is 0 Å². The van der Waals surface area contributed by atoms with Crippen molar-refractivity contribution < 1.29 is 0 Å². The predicted molar refractivity (Wildman–Crippen MR) is 76.6 cm³/mol. The van der Waals surface area contributed by atoms with E-state index in [2.05, 4.69) is 5.43 Å². The molecule has 3 rings (SSSR count). The van der Waals surface area contributed by atoms with Crippen LogP contribution < -0.4 is 11.0 Å². The average molecular weight is 277 g/mol. The maximum absolute atomic E-state index is 12.1. The Kier molecular flexibility index (Phi) is 2.81. The lowest BCUT2D eigenvalue weighted by molar-refractivity contribution is 1.03. The Morgan fingerprint density at radius 3 is 2.50 bits per heavy atom. The SMILES string of the molecule is O=c1c2ccccc2sn1Nc1ccc(Cl)cc1. The summed E-state index contributed by atoms with van der Waals surface area (Å²) in [6.07, 6.45) is 0. The molecule has 1 heterocycles. The van der Waals surface area contributed by atoms with Crippen LogP contribution in [0.2, 0.25) is 5.02 Å². The zero-order valence-electron chi connectivity index (χ0n) is 9.26. The van der Waals surface area contributed by atoms with Crippen LogP contribution in [0.4, 0.5) is 5.69 Å². The van der Waals surface area contributed by atoms with Crippen LogP contribution in [0.3, 0.4) is 0 Å². The van der Waals surface area contributed by atoms with E-state index >= 15 is 0 Å². The monoisotopic (exact) mass is 276 g/mol. The van der Waals surface area contributed by atoms with Crippen LogP contribution >= 0.6 is 23.1 Å². The van der Waals surface area contributed by atoms with Gasteiger partial charge in [-0.05, 0) is 47.9 Å². The van der Waals surface area contributed by atoms with Gasteiger partial charge in [0.2, 0.25) is 0 Å². The van der Waals surface area contributed by atoms with Gasteiger partial charge >= 0.3 is 0 Å². The molecule has 1 N–H and O–H groups in total. The molecule has 5 heteroatoms. The molecule has 0 bridgehead atoms. The van der Waals surface area contributed by atoms with E-state index in [1.807, 2.05) is 36.4 Å². The molecule has 18 heavy (non-hydrogen) atoms. The number of fused-ring (bicyclic) bond motifs is 1. The third-order valence-corrected chi connectivity index (χ3v) is 3.81. The summed E-state index contributed by atoms with van der Waals surface area (Å²) in [5.41, 5.74) is 3.84. The second-order valence-electron chi connectivity index (χ2n) is 3.81. The summed E-state index contributed by atoms with van der Waals surface area (Å²) in [6.45, 7) is 0. The Labute approximate surface area is 112 Å². The van der Waals surface area contributed by atoms with E-state index in [0.717, 1.165) is 15.8 Å². The molecule has 0 unspecified atom stereocenters. The number of hydrogen-bond acceptors (Lipinski definition) is 3. The van der Waals surface area contributed by atoms with Gasteiger partial charge in [0.25, 0.3) is 5.56 Å². The first-order chi connectivity index (χ1) is 8.74. The molecule has 0 atom stereocenters. The quantitative estimate of drug-likeness (QED) is 0.776. The van der Waals surface area contributed by atoms with Crippen molar-refractivity contribution in [2.45, 2.75) is 0 Å². The second kappa shape index (κ2) is 4.48. The van der Waals surface area contributed by atoms with Crippen LogP contribution in [0.25, 0.3) is 10.1 Å². The molecule has 0 aliphatic carbocycles. The largest absolute Gasteiger partial charge is 0.287 e. The highest BCUT2D eigenvalue weighted by molar-refractivity contribution is 7.14. The van der Waals surface area contributed by atoms with Gasteiger partial charge < -0.3 is 0 Å². The molecule has 3 aromatic rings. The van der Waals surface area contributed by atoms with Gasteiger partial charge in [-0.3, -0.25) is 10.2 Å². The smallest absolute Gasteiger partial charge is 0.282 e. The van der Waals surface area contributed by atoms with Gasteiger partial charge in [0.15, 0.2) is 0 Å². The topological polar surface area (TPSA) is 34.0 Å². The average Bonchev–Trinajstić information content (AvgIpc) is 2.70. The van der Waals surface area contributed by atoms with Crippen LogP contribution in [0.1, 0.15) is 0 Å². The lowest BCUT2D eigenvalue weighted by atomic mass is 10.3. The van der Waals surface area contributed by atoms with Gasteiger partial charge in [-0.1, -0.05) is 23.7 Å². The van der Waals surface area contributed by atoms with E-state index in [4.69, 9.17) is 11.6 Å². The zero-order chi connectivity index (χ0) is 12.5. The minimum atomic E-state index is -0.0365. The number of rotatable bonds is 2. The van der Waals surface area contributed by atoms with Crippen molar-refractivity contribution >= 4 is 38.9 Å². The maximum Gasteiger partial charge on any atom is 0.287 e. The highest BCUT2D eigenvalue weighted by atomic mass is 35.5. The van der Waals surface area contributed by atoms with E-state index in [1.165, 1.54) is 15.6 Å². The minimum absolute atomic E-state index is 0.0365. The van der Waals surface area contributed by atoms with Gasteiger partial charge in [-0.15, -0.1) is 0 Å². The third-order valence-electron chi connectivity index (χ3n) is 2.57. The molecule has 2 aromatic carbocycles. The molecule has 1 aromatic heterocycles. The van der Waals surface area contributed by atoms with E-state index in [-0.39, 0.29) is 5.56 Å². The Morgan fingerprint density at radius 1 is 1.06 bits per heavy atom. The molecule has 0 radical (unpaired) electrons. The normalized spacial score (nSPS) is 10.7. The first-order valence-corrected chi connectivity index (χ1v) is 6.53. The van der Waals surface area contributed by atoms with Crippen LogP contribution in [0.15, 0.2) is 53.3 Å². The summed E-state index contributed by atoms with van der Waals surface area (Å²) >= 11 is 7.20. The summed E-state index contributed by atoms with van der Waals surface area (Å²) in [5, 5.41) is 1.40. The maximum atomic E-state index is 12.1. The first-order valence-electron chi connectivity index (χ1n) is 5.38. The van der Waals surface area contributed by atoms with Gasteiger partial charge in [0, 0.05) is 5.02 Å². The molecule has 0 aliphatic heterocycles. The number of benzene rings is 2. The summed E-state index contributed by atoms with van der Waals surface area (Å²) < 4.78 is 2.48. The molecular formula is C13H9ClN2OS. The van der Waals surface area contributed by atoms with Crippen molar-refractivity contribution in [1.82, 2.24) is 4.07 Å². The van der Waals surface area contributed by atoms with Crippen molar-refractivity contribution in [2.24, 2.45) is 0 Å². The fourth-order valence-electron chi connectivity index (χ4n) is 1.69. The highest BCUT2D eigenvalue weighted by Gasteiger charge is 2.06. The van der Waals surface area contributed by atoms with Crippen molar-refractivity contribution in [2.75, 3.05) is 5.43 Å². The molecule has 0 saturated heterocycles. The lowest BCUT2D eigenvalue weighted by Gasteiger charge is -2.04. The minimum Gasteiger partial charge on any atom is -0.282 e. The Balaban J connectivity index is 2.02. The predicted octanol–water partition coefficient (Wildman–Crippen LogP) is 3.59. The summed E-state index contributed by atoms with van der Waals surface area (Å²) in [6, 6.07) is 14.8. The Bertz CT molecular complexity index is 746. The number of hydrogen-bond donors (Lipinski definition) is 1. The van der Waals surface area contributed by atoms with Gasteiger partial charge in [-0.2, -0.15) is 4.07 Å². The molecule has 3 nitrogen and oxygen atoms in total. The second-order valence-corrected chi connectivity index (χ2v) is 5.23. The van der Waals surface area contributed by atoms with E-state index in [9.17, 15) is 4.79 Å². The molecule has 0 saturated carbocycles. The Morgan fingerprint density at radius 2 is 1.78 bits per heavy atom. The van der Waals surface area contributed by atoms with E-state index < -0.39 is 0 Å². The van der Waals surface area contributed by atoms with Gasteiger partial charge in [0.1, 0.15) is 0 Å². The van der Waals surface area contributed by atoms with E-state index in [1.54, 1.807) is 12.1 Å². The molecule has 0 aliphatic rings. The van der Waals surface area contributed by atoms with Gasteiger partial charge in [-0.25, -0.2) is 0 Å². The van der Waals surface area contributed by atoms with E-state index in [0.29, 0.717) is 5.02 Å². The first kappa shape index (κ1) is 11.3. The standard InChI is InChI=1S/C13H9ClN2OS/c14-9-5-7-10(8-6-9)15-16-13(17)11-3-1-2-4-12(11)18-16/h1-8,15H. The van der Waals surface area contributed by atoms with Crippen molar-refractivity contribution in [3.63, 3.8) is 0 Å². The van der Waals surface area contributed by atoms with Crippen LogP contribution in [0, 0.1) is 0 Å². The number of aromatic nitrogens is 1. The fraction of sp³-hybridized carbons (Fsp3) is 0. The van der Waals surface area contributed by atoms with Crippen LogP contribution in [-0.4, -0.2) is 4.07 Å². The summed E-state index contributed by atoms with van der Waals surface area (Å²) in [4.78, 5) is 12.1. The Hall–Kier alpha value is -1.78. The van der Waals surface area contributed by atoms with Crippen molar-refractivity contribution in [3.05, 3.63) is 63.9 Å². The van der Waals surface area contributed by atoms with Crippen molar-refractivity contribution in [3.8, 4) is 0 Å². The molecule has 0 fully saturated rings. The summed E-state index contributed by atoms with van der Waals surface area (Å²) in [5.74, 6) is 0. The number of halogens is 1. The summed E-state index contributed by atoms with van der Waals surface area (Å²) in [7, 11) is 0. The highest BCUT2D eigenvalue weighted by Crippen LogP contribution is 2.18. The zero-order valence-corrected chi connectivity index (χ0v) is 10.8. The molecule has 0 spiro atoms. The van der Waals surface area contributed by atoms with Gasteiger partial charge in [0.05, 0.1) is 15.8 Å². The molecule has 90 valence electrons. The van der Waals surface area contributed by atoms with Crippen molar-refractivity contribution in [1.29, 1.82) is 0 Å². The molecular weight excluding hydrogens is 268 g/mol.